The Kier molecular flexibility index (Phi) is 5.47. The smallest absolute Gasteiger partial charge is 0.255 e. The van der Waals surface area contributed by atoms with Gasteiger partial charge in [-0.25, -0.2) is 4.39 Å². The number of thioether (sulfide) groups is 1. The molecule has 0 saturated heterocycles. The van der Waals surface area contributed by atoms with Crippen molar-refractivity contribution in [2.45, 2.75) is 10.6 Å². The van der Waals surface area contributed by atoms with E-state index in [1.54, 1.807) is 18.2 Å². The molecule has 0 unspecified atom stereocenters. The Morgan fingerprint density at radius 3 is 2.69 bits per heavy atom. The summed E-state index contributed by atoms with van der Waals surface area (Å²) in [5.74, 6) is 1.92. The number of anilines is 1. The molecule has 0 spiro atoms. The molecule has 2 heterocycles. The highest BCUT2D eigenvalue weighted by Gasteiger charge is 2.17. The summed E-state index contributed by atoms with van der Waals surface area (Å²) in [6.45, 7) is 0.206. The van der Waals surface area contributed by atoms with Gasteiger partial charge >= 0.3 is 0 Å². The highest BCUT2D eigenvalue weighted by Crippen LogP contribution is 2.35. The number of nitrogens with zero attached hydrogens (tertiary/aromatic N) is 2. The molecule has 1 N–H and O–H groups in total. The van der Waals surface area contributed by atoms with Crippen LogP contribution in [0.25, 0.3) is 11.5 Å². The summed E-state index contributed by atoms with van der Waals surface area (Å²) in [5.41, 5.74) is 1.64. The van der Waals surface area contributed by atoms with Crippen LogP contribution < -0.4 is 14.8 Å². The topological polar surface area (TPSA) is 86.5 Å². The lowest BCUT2D eigenvalue weighted by molar-refractivity contribution is 0.102. The number of fused-ring (bicyclic) bond motifs is 1. The fraction of sp³-hybridized carbons (Fsp3) is 0.0870. The maximum absolute atomic E-state index is 13.3. The first-order valence-corrected chi connectivity index (χ1v) is 10.6. The molecule has 0 saturated carbocycles. The summed E-state index contributed by atoms with van der Waals surface area (Å²) in [7, 11) is 0. The standard InChI is InChI=1S/C23H16FN3O4S/c24-16-3-1-2-14(10-16)22(28)25-17-5-7-18(8-6-17)32-12-21-26-27-23(31-21)15-4-9-19-20(11-15)30-13-29-19/h1-11H,12-13H2,(H,25,28). The zero-order valence-corrected chi connectivity index (χ0v) is 17.4. The lowest BCUT2D eigenvalue weighted by Gasteiger charge is -2.06. The van der Waals surface area contributed by atoms with E-state index in [9.17, 15) is 9.18 Å². The number of nitrogens with one attached hydrogen (secondary N) is 1. The van der Waals surface area contributed by atoms with E-state index in [0.717, 1.165) is 10.5 Å². The predicted octanol–water partition coefficient (Wildman–Crippen LogP) is 5.15. The molecule has 0 bridgehead atoms. The number of aromatic nitrogens is 2. The predicted molar refractivity (Wildman–Crippen MR) is 116 cm³/mol. The van der Waals surface area contributed by atoms with Crippen molar-refractivity contribution in [1.29, 1.82) is 0 Å². The molecule has 5 rings (SSSR count). The van der Waals surface area contributed by atoms with Gasteiger partial charge in [0, 0.05) is 21.7 Å². The molecule has 7 nitrogen and oxygen atoms in total. The second kappa shape index (κ2) is 8.72. The van der Waals surface area contributed by atoms with Gasteiger partial charge in [0.1, 0.15) is 5.82 Å². The monoisotopic (exact) mass is 449 g/mol. The minimum atomic E-state index is -0.452. The van der Waals surface area contributed by atoms with Gasteiger partial charge < -0.3 is 19.2 Å². The number of benzene rings is 3. The number of ether oxygens (including phenoxy) is 2. The summed E-state index contributed by atoms with van der Waals surface area (Å²) >= 11 is 1.52. The molecule has 160 valence electrons. The first-order valence-electron chi connectivity index (χ1n) is 9.66. The third-order valence-electron chi connectivity index (χ3n) is 4.65. The second-order valence-corrected chi connectivity index (χ2v) is 7.90. The average molecular weight is 449 g/mol. The Morgan fingerprint density at radius 2 is 1.84 bits per heavy atom. The molecule has 32 heavy (non-hydrogen) atoms. The average Bonchev–Trinajstić information content (AvgIpc) is 3.47. The van der Waals surface area contributed by atoms with Crippen LogP contribution in [-0.4, -0.2) is 22.9 Å². The van der Waals surface area contributed by atoms with Gasteiger partial charge in [-0.2, -0.15) is 0 Å². The van der Waals surface area contributed by atoms with Crippen LogP contribution in [0.5, 0.6) is 11.5 Å². The highest BCUT2D eigenvalue weighted by molar-refractivity contribution is 7.98. The molecule has 0 atom stereocenters. The molecule has 4 aromatic rings. The number of rotatable bonds is 6. The van der Waals surface area contributed by atoms with Crippen molar-refractivity contribution in [1.82, 2.24) is 10.2 Å². The first kappa shape index (κ1) is 20.1. The minimum Gasteiger partial charge on any atom is -0.454 e. The van der Waals surface area contributed by atoms with Gasteiger partial charge in [-0.3, -0.25) is 4.79 Å². The molecule has 3 aromatic carbocycles. The van der Waals surface area contributed by atoms with Crippen molar-refractivity contribution in [2.75, 3.05) is 12.1 Å². The molecule has 1 aliphatic rings. The van der Waals surface area contributed by atoms with E-state index in [1.807, 2.05) is 30.3 Å². The molecular weight excluding hydrogens is 433 g/mol. The van der Waals surface area contributed by atoms with Crippen molar-refractivity contribution in [3.8, 4) is 23.0 Å². The Balaban J connectivity index is 1.18. The third-order valence-corrected chi connectivity index (χ3v) is 5.64. The lowest BCUT2D eigenvalue weighted by atomic mass is 10.2. The molecule has 9 heteroatoms. The highest BCUT2D eigenvalue weighted by atomic mass is 32.2. The van der Waals surface area contributed by atoms with E-state index >= 15 is 0 Å². The van der Waals surface area contributed by atoms with Crippen LogP contribution >= 0.6 is 11.8 Å². The van der Waals surface area contributed by atoms with Crippen LogP contribution in [0.4, 0.5) is 10.1 Å². The van der Waals surface area contributed by atoms with Crippen LogP contribution in [0.2, 0.25) is 0 Å². The van der Waals surface area contributed by atoms with E-state index in [4.69, 9.17) is 13.9 Å². The van der Waals surface area contributed by atoms with Crippen molar-refractivity contribution in [2.24, 2.45) is 0 Å². The number of carbonyl (C=O) groups excluding carboxylic acids is 1. The molecule has 1 aliphatic heterocycles. The fourth-order valence-corrected chi connectivity index (χ4v) is 3.81. The SMILES string of the molecule is O=C(Nc1ccc(SCc2nnc(-c3ccc4c(c3)OCO4)o2)cc1)c1cccc(F)c1. The van der Waals surface area contributed by atoms with E-state index in [1.165, 1.54) is 30.0 Å². The van der Waals surface area contributed by atoms with Gasteiger partial charge in [-0.05, 0) is 60.7 Å². The van der Waals surface area contributed by atoms with Crippen molar-refractivity contribution in [3.63, 3.8) is 0 Å². The van der Waals surface area contributed by atoms with Gasteiger partial charge in [0.2, 0.25) is 18.6 Å². The van der Waals surface area contributed by atoms with Crippen molar-refractivity contribution < 1.29 is 23.1 Å². The van der Waals surface area contributed by atoms with Crippen LogP contribution in [-0.2, 0) is 5.75 Å². The van der Waals surface area contributed by atoms with Crippen LogP contribution in [0.3, 0.4) is 0 Å². The molecular formula is C23H16FN3O4S. The minimum absolute atomic E-state index is 0.206. The Bertz CT molecular complexity index is 1280. The van der Waals surface area contributed by atoms with Crippen LogP contribution in [0.15, 0.2) is 76.0 Å². The molecule has 1 amide bonds. The third kappa shape index (κ3) is 4.42. The lowest BCUT2D eigenvalue weighted by Crippen LogP contribution is -2.11. The maximum atomic E-state index is 13.3. The van der Waals surface area contributed by atoms with Crippen molar-refractivity contribution in [3.05, 3.63) is 84.0 Å². The first-order chi connectivity index (χ1) is 15.6. The summed E-state index contributed by atoms with van der Waals surface area (Å²) in [4.78, 5) is 13.2. The summed E-state index contributed by atoms with van der Waals surface area (Å²) in [6.07, 6.45) is 0. The Morgan fingerprint density at radius 1 is 1.00 bits per heavy atom. The van der Waals surface area contributed by atoms with E-state index in [0.29, 0.717) is 34.7 Å². The van der Waals surface area contributed by atoms with E-state index < -0.39 is 5.82 Å². The zero-order chi connectivity index (χ0) is 21.9. The summed E-state index contributed by atoms with van der Waals surface area (Å²) in [5, 5.41) is 11.0. The van der Waals surface area contributed by atoms with Gasteiger partial charge in [-0.1, -0.05) is 6.07 Å². The molecule has 1 aromatic heterocycles. The van der Waals surface area contributed by atoms with E-state index in [-0.39, 0.29) is 18.3 Å². The maximum Gasteiger partial charge on any atom is 0.255 e. The van der Waals surface area contributed by atoms with Gasteiger partial charge in [0.25, 0.3) is 5.91 Å². The zero-order valence-electron chi connectivity index (χ0n) is 16.6. The van der Waals surface area contributed by atoms with Crippen molar-refractivity contribution >= 4 is 23.4 Å². The second-order valence-electron chi connectivity index (χ2n) is 6.85. The molecule has 0 fully saturated rings. The number of amides is 1. The molecule has 0 aliphatic carbocycles. The number of carbonyl (C=O) groups is 1. The number of hydrogen-bond donors (Lipinski definition) is 1. The van der Waals surface area contributed by atoms with E-state index in [2.05, 4.69) is 15.5 Å². The van der Waals surface area contributed by atoms with Gasteiger partial charge in [-0.15, -0.1) is 22.0 Å². The quantitative estimate of drug-likeness (QED) is 0.408. The summed E-state index contributed by atoms with van der Waals surface area (Å²) < 4.78 is 29.7. The van der Waals surface area contributed by atoms with Gasteiger partial charge in [0.15, 0.2) is 11.5 Å². The largest absolute Gasteiger partial charge is 0.454 e. The normalized spacial score (nSPS) is 12.0. The van der Waals surface area contributed by atoms with Crippen LogP contribution in [0.1, 0.15) is 16.2 Å². The Hall–Kier alpha value is -3.85. The fourth-order valence-electron chi connectivity index (χ4n) is 3.07. The van der Waals surface area contributed by atoms with Crippen LogP contribution in [0, 0.1) is 5.82 Å². The number of halogens is 1. The molecule has 0 radical (unpaired) electrons. The summed E-state index contributed by atoms with van der Waals surface area (Å²) in [6, 6.07) is 18.3. The van der Waals surface area contributed by atoms with Gasteiger partial charge in [0.05, 0.1) is 5.75 Å². The number of hydrogen-bond acceptors (Lipinski definition) is 7. The Labute approximate surface area is 186 Å².